The second kappa shape index (κ2) is 40.6. The molecule has 11 atom stereocenters. The van der Waals surface area contributed by atoms with Gasteiger partial charge >= 0.3 is 0 Å². The molecule has 1 aliphatic rings. The highest BCUT2D eigenvalue weighted by molar-refractivity contribution is 5.98. The van der Waals surface area contributed by atoms with Gasteiger partial charge in [-0.15, -0.1) is 0 Å². The third kappa shape index (κ3) is 28.7. The Bertz CT molecular complexity index is 1930. The average Bonchev–Trinajstić information content (AvgIpc) is 3.38. The number of nitrogens with two attached hydrogens (primary N) is 4. The number of nitrogens with one attached hydrogen (secondary N) is 10. The minimum Gasteiger partial charge on any atom is -0.391 e. The van der Waals surface area contributed by atoms with E-state index in [2.05, 4.69) is 60.1 Å². The Morgan fingerprint density at radius 3 is 1.35 bits per heavy atom. The minimum absolute atomic E-state index is 0.0682. The van der Waals surface area contributed by atoms with Gasteiger partial charge in [0.25, 0.3) is 0 Å². The lowest BCUT2D eigenvalue weighted by Crippen LogP contribution is -2.61. The molecule has 1 aliphatic heterocycles. The van der Waals surface area contributed by atoms with Crippen molar-refractivity contribution in [3.8, 4) is 0 Å². The summed E-state index contributed by atoms with van der Waals surface area (Å²) in [7, 11) is 0. The summed E-state index contributed by atoms with van der Waals surface area (Å²) in [4.78, 5) is 139. The third-order valence-electron chi connectivity index (χ3n) is 13.6. The van der Waals surface area contributed by atoms with Gasteiger partial charge in [-0.25, -0.2) is 0 Å². The smallest absolute Gasteiger partial charge is 0.245 e. The number of hydrogen-bond donors (Lipinski definition) is 16. The number of aliphatic hydroxyl groups is 2. The Morgan fingerprint density at radius 2 is 0.938 bits per heavy atom. The molecule has 20 N–H and O–H groups in total. The van der Waals surface area contributed by atoms with Crippen LogP contribution in [0.5, 0.6) is 0 Å². The Morgan fingerprint density at radius 1 is 0.525 bits per heavy atom. The van der Waals surface area contributed by atoms with Crippen LogP contribution in [0.15, 0.2) is 0 Å². The zero-order valence-electron chi connectivity index (χ0n) is 48.8. The highest BCUT2D eigenvalue weighted by Gasteiger charge is 2.37. The first kappa shape index (κ1) is 72.5. The molecule has 1 saturated heterocycles. The monoisotopic (exact) mass is 1140 g/mol. The van der Waals surface area contributed by atoms with Crippen LogP contribution in [0.25, 0.3) is 0 Å². The largest absolute Gasteiger partial charge is 0.391 e. The number of rotatable bonds is 31. The molecule has 0 aromatic rings. The average molecular weight is 1140 g/mol. The van der Waals surface area contributed by atoms with Gasteiger partial charge in [-0.1, -0.05) is 98.8 Å². The summed E-state index contributed by atoms with van der Waals surface area (Å²) < 4.78 is 0. The van der Waals surface area contributed by atoms with Crippen LogP contribution in [-0.2, 0) is 47.9 Å². The van der Waals surface area contributed by atoms with Gasteiger partial charge in [0.05, 0.1) is 12.2 Å². The normalized spacial score (nSPS) is 23.0. The predicted molar refractivity (Wildman–Crippen MR) is 303 cm³/mol. The molecule has 460 valence electrons. The van der Waals surface area contributed by atoms with Gasteiger partial charge < -0.3 is 86.3 Å². The molecule has 0 saturated carbocycles. The van der Waals surface area contributed by atoms with Crippen molar-refractivity contribution < 1.29 is 58.2 Å². The van der Waals surface area contributed by atoms with Crippen molar-refractivity contribution in [1.29, 1.82) is 0 Å². The van der Waals surface area contributed by atoms with Gasteiger partial charge in [0.1, 0.15) is 54.4 Å². The van der Waals surface area contributed by atoms with Crippen LogP contribution in [0.3, 0.4) is 0 Å². The van der Waals surface area contributed by atoms with E-state index >= 15 is 0 Å². The maximum atomic E-state index is 14.4. The summed E-state index contributed by atoms with van der Waals surface area (Å²) >= 11 is 0. The van der Waals surface area contributed by atoms with E-state index < -0.39 is 139 Å². The van der Waals surface area contributed by atoms with Crippen molar-refractivity contribution in [3.63, 3.8) is 0 Å². The maximum Gasteiger partial charge on any atom is 0.245 e. The lowest BCUT2D eigenvalue weighted by Gasteiger charge is -2.29. The van der Waals surface area contributed by atoms with Crippen LogP contribution >= 0.6 is 0 Å². The first-order valence-electron chi connectivity index (χ1n) is 29.1. The summed E-state index contributed by atoms with van der Waals surface area (Å²) in [6, 6.07) is -12.8. The molecule has 80 heavy (non-hydrogen) atoms. The van der Waals surface area contributed by atoms with Gasteiger partial charge in [-0.3, -0.25) is 47.9 Å². The standard InChI is InChI=1S/C54H102N14O12/c1-8-9-10-11-12-13-14-15-16-17-18-19-43(71)67-45(35(7)70)54(80)64-38(22-27-57)47(73)63-40-24-29-59-53(79)44(34(6)69)68-50(76)39(23-28-58)61-46(72)36(20-25-55)62-51(77)41(30-32(2)3)66-52(78)42(31-33(4)5)65-48(74)37(21-26-56)60-49(40)75/h32-42,44-45,69-70H,8-31,55-58H2,1-7H3,(H,59,79)(H,60,75)(H,61,72)(H,62,77)(H,63,73)(H,64,80)(H,65,74)(H,66,78)(H,67,71)(H,68,76)/t34-,35-,36+,37+,38+,39+,40+,41+,42-,44+,45+/m1/s1. The zero-order valence-corrected chi connectivity index (χ0v) is 48.8. The fourth-order valence-electron chi connectivity index (χ4n) is 9.02. The Hall–Kier alpha value is -5.54. The van der Waals surface area contributed by atoms with E-state index in [1.165, 1.54) is 52.4 Å². The van der Waals surface area contributed by atoms with Crippen LogP contribution in [0.1, 0.15) is 170 Å². The zero-order chi connectivity index (χ0) is 60.3. The van der Waals surface area contributed by atoms with E-state index in [0.29, 0.717) is 6.42 Å². The third-order valence-corrected chi connectivity index (χ3v) is 13.6. The van der Waals surface area contributed by atoms with Crippen molar-refractivity contribution in [2.24, 2.45) is 34.8 Å². The highest BCUT2D eigenvalue weighted by Crippen LogP contribution is 2.14. The number of carbonyl (C=O) groups is 10. The van der Waals surface area contributed by atoms with Gasteiger partial charge in [-0.2, -0.15) is 0 Å². The number of unbranched alkanes of at least 4 members (excludes halogenated alkanes) is 10. The van der Waals surface area contributed by atoms with Gasteiger partial charge in [-0.05, 0) is 103 Å². The van der Waals surface area contributed by atoms with E-state index in [-0.39, 0.29) is 83.0 Å². The molecule has 26 nitrogen and oxygen atoms in total. The lowest BCUT2D eigenvalue weighted by atomic mass is 9.99. The van der Waals surface area contributed by atoms with E-state index in [1.54, 1.807) is 27.7 Å². The maximum absolute atomic E-state index is 14.4. The van der Waals surface area contributed by atoms with Crippen LogP contribution in [0, 0.1) is 11.8 Å². The molecular weight excluding hydrogens is 1040 g/mol. The summed E-state index contributed by atoms with van der Waals surface area (Å²) in [5.74, 6) is -8.77. The van der Waals surface area contributed by atoms with Gasteiger partial charge in [0, 0.05) is 13.0 Å². The number of hydrogen-bond acceptors (Lipinski definition) is 16. The van der Waals surface area contributed by atoms with Gasteiger partial charge in [0.15, 0.2) is 0 Å². The van der Waals surface area contributed by atoms with E-state index in [4.69, 9.17) is 22.9 Å². The first-order chi connectivity index (χ1) is 37.9. The topological polar surface area (TPSA) is 436 Å². The van der Waals surface area contributed by atoms with Crippen molar-refractivity contribution in [2.45, 2.75) is 237 Å². The molecule has 0 aromatic carbocycles. The summed E-state index contributed by atoms with van der Waals surface area (Å²) in [5.41, 5.74) is 23.5. The number of carbonyl (C=O) groups excluding carboxylic acids is 10. The van der Waals surface area contributed by atoms with E-state index in [1.807, 2.05) is 0 Å². The molecule has 0 radical (unpaired) electrons. The number of amides is 10. The fraction of sp³-hybridized carbons (Fsp3) is 0.815. The first-order valence-corrected chi connectivity index (χ1v) is 29.1. The van der Waals surface area contributed by atoms with Crippen molar-refractivity contribution in [1.82, 2.24) is 53.2 Å². The molecule has 0 aliphatic carbocycles. The highest BCUT2D eigenvalue weighted by atomic mass is 16.3. The summed E-state index contributed by atoms with van der Waals surface area (Å²) in [5, 5.41) is 47.1. The summed E-state index contributed by atoms with van der Waals surface area (Å²) in [6.07, 6.45) is 8.19. The lowest BCUT2D eigenvalue weighted by molar-refractivity contribution is -0.136. The fourth-order valence-corrected chi connectivity index (χ4v) is 9.02. The van der Waals surface area contributed by atoms with Crippen molar-refractivity contribution in [2.75, 3.05) is 32.7 Å². The minimum atomic E-state index is -1.65. The predicted octanol–water partition coefficient (Wildman–Crippen LogP) is -2.18. The van der Waals surface area contributed by atoms with Crippen LogP contribution in [0.2, 0.25) is 0 Å². The van der Waals surface area contributed by atoms with E-state index in [9.17, 15) is 58.2 Å². The molecule has 26 heteroatoms. The quantitative estimate of drug-likeness (QED) is 0.0328. The number of aliphatic hydroxyl groups excluding tert-OH is 2. The molecule has 10 amide bonds. The molecule has 1 rings (SSSR count). The Balaban J connectivity index is 3.65. The summed E-state index contributed by atoms with van der Waals surface area (Å²) in [6.45, 7) is 11.0. The Kier molecular flexibility index (Phi) is 36.8. The molecule has 0 spiro atoms. The van der Waals surface area contributed by atoms with E-state index in [0.717, 1.165) is 25.7 Å². The molecule has 0 unspecified atom stereocenters. The van der Waals surface area contributed by atoms with Crippen LogP contribution in [0.4, 0.5) is 0 Å². The van der Waals surface area contributed by atoms with Crippen molar-refractivity contribution >= 4 is 59.1 Å². The second-order valence-corrected chi connectivity index (χ2v) is 21.9. The van der Waals surface area contributed by atoms with Crippen LogP contribution < -0.4 is 76.1 Å². The molecule has 1 fully saturated rings. The van der Waals surface area contributed by atoms with Crippen molar-refractivity contribution in [3.05, 3.63) is 0 Å². The molecule has 1 heterocycles. The Labute approximate surface area is 473 Å². The van der Waals surface area contributed by atoms with Crippen LogP contribution in [-0.4, -0.2) is 169 Å². The molecule has 0 aromatic heterocycles. The SMILES string of the molecule is CCCCCCCCCCCCCC(=O)N[C@H](C(=O)N[C@@H](CCN)C(=O)N[C@H]1CCNC(=O)[C@H]([C@@H](C)O)NC(=O)[C@H](CCN)NC(=O)[C@H](CCN)NC(=O)[C@H](CC(C)C)NC(=O)[C@@H](CC(C)C)NC(=O)[C@H](CCN)NC1=O)[C@@H](C)O. The van der Waals surface area contributed by atoms with Gasteiger partial charge in [0.2, 0.25) is 59.1 Å². The molecular formula is C54H102N14O12. The second-order valence-electron chi connectivity index (χ2n) is 21.9. The molecule has 0 bridgehead atoms.